The molecular formula is C13H13BrN2O2. The van der Waals surface area contributed by atoms with Crippen molar-refractivity contribution < 1.29 is 9.47 Å². The van der Waals surface area contributed by atoms with Gasteiger partial charge in [-0.05, 0) is 40.8 Å². The van der Waals surface area contributed by atoms with Crippen molar-refractivity contribution in [2.45, 2.75) is 12.8 Å². The highest BCUT2D eigenvalue weighted by Crippen LogP contribution is 2.36. The minimum absolute atomic E-state index is 0.707. The van der Waals surface area contributed by atoms with Gasteiger partial charge in [-0.15, -0.1) is 0 Å². The zero-order valence-corrected chi connectivity index (χ0v) is 11.6. The molecule has 0 spiro atoms. The van der Waals surface area contributed by atoms with Crippen LogP contribution in [0.4, 0.5) is 0 Å². The molecule has 0 atom stereocenters. The number of nitrogens with zero attached hydrogens (tertiary/aromatic N) is 2. The van der Waals surface area contributed by atoms with E-state index in [2.05, 4.69) is 26.1 Å². The molecule has 0 amide bonds. The molecule has 0 radical (unpaired) electrons. The largest absolute Gasteiger partial charge is 0.493 e. The maximum atomic E-state index is 5.79. The summed E-state index contributed by atoms with van der Waals surface area (Å²) in [4.78, 5) is 0. The van der Waals surface area contributed by atoms with Gasteiger partial charge in [0.05, 0.1) is 25.4 Å². The molecule has 4 nitrogen and oxygen atoms in total. The highest BCUT2D eigenvalue weighted by atomic mass is 79.9. The van der Waals surface area contributed by atoms with Crippen LogP contribution >= 0.6 is 15.9 Å². The fourth-order valence-corrected chi connectivity index (χ4v) is 2.21. The molecule has 2 aromatic rings. The molecule has 0 bridgehead atoms. The van der Waals surface area contributed by atoms with Gasteiger partial charge in [-0.3, -0.25) is 0 Å². The van der Waals surface area contributed by atoms with Crippen molar-refractivity contribution in [2.75, 3.05) is 13.7 Å². The Morgan fingerprint density at radius 3 is 2.89 bits per heavy atom. The van der Waals surface area contributed by atoms with Gasteiger partial charge < -0.3 is 9.47 Å². The zero-order chi connectivity index (χ0) is 12.5. The SMILES string of the molecule is COc1cc2c(Br)cnnc2cc1OCC1CC1. The summed E-state index contributed by atoms with van der Waals surface area (Å²) >= 11 is 3.46. The van der Waals surface area contributed by atoms with Crippen LogP contribution in [-0.4, -0.2) is 23.9 Å². The standard InChI is InChI=1S/C13H13BrN2O2/c1-17-12-4-9-10(14)6-15-16-11(9)5-13(12)18-7-8-2-3-8/h4-6,8H,2-3,7H2,1H3. The molecule has 0 unspecified atom stereocenters. The Hall–Kier alpha value is -1.36. The maximum absolute atomic E-state index is 5.79. The number of fused-ring (bicyclic) bond motifs is 1. The van der Waals surface area contributed by atoms with E-state index >= 15 is 0 Å². The van der Waals surface area contributed by atoms with E-state index in [-0.39, 0.29) is 0 Å². The number of aromatic nitrogens is 2. The predicted molar refractivity (Wildman–Crippen MR) is 72.0 cm³/mol. The molecule has 1 fully saturated rings. The van der Waals surface area contributed by atoms with Crippen molar-refractivity contribution in [3.63, 3.8) is 0 Å². The average Bonchev–Trinajstić information content (AvgIpc) is 3.20. The molecule has 1 saturated carbocycles. The summed E-state index contributed by atoms with van der Waals surface area (Å²) < 4.78 is 12.1. The number of hydrogen-bond donors (Lipinski definition) is 0. The third-order valence-corrected chi connectivity index (χ3v) is 3.68. The monoisotopic (exact) mass is 308 g/mol. The van der Waals surface area contributed by atoms with Crippen LogP contribution in [0.1, 0.15) is 12.8 Å². The van der Waals surface area contributed by atoms with Gasteiger partial charge in [0.15, 0.2) is 11.5 Å². The van der Waals surface area contributed by atoms with Crippen molar-refractivity contribution in [1.29, 1.82) is 0 Å². The van der Waals surface area contributed by atoms with E-state index in [9.17, 15) is 0 Å². The molecule has 0 saturated heterocycles. The average molecular weight is 309 g/mol. The number of methoxy groups -OCH3 is 1. The van der Waals surface area contributed by atoms with E-state index in [1.807, 2.05) is 12.1 Å². The molecular weight excluding hydrogens is 296 g/mol. The Bertz CT molecular complexity index is 584. The van der Waals surface area contributed by atoms with Crippen molar-refractivity contribution >= 4 is 26.8 Å². The summed E-state index contributed by atoms with van der Waals surface area (Å²) in [5.41, 5.74) is 0.802. The summed E-state index contributed by atoms with van der Waals surface area (Å²) in [6, 6.07) is 3.81. The van der Waals surface area contributed by atoms with E-state index < -0.39 is 0 Å². The van der Waals surface area contributed by atoms with E-state index in [4.69, 9.17) is 9.47 Å². The summed E-state index contributed by atoms with van der Waals surface area (Å²) in [5.74, 6) is 2.18. The van der Waals surface area contributed by atoms with E-state index in [0.717, 1.165) is 33.5 Å². The first-order valence-corrected chi connectivity index (χ1v) is 6.69. The van der Waals surface area contributed by atoms with Crippen LogP contribution in [0.5, 0.6) is 11.5 Å². The van der Waals surface area contributed by atoms with Crippen LogP contribution in [-0.2, 0) is 0 Å². The Balaban J connectivity index is 2.00. The Labute approximate surface area is 113 Å². The van der Waals surface area contributed by atoms with Crippen LogP contribution in [0.3, 0.4) is 0 Å². The smallest absolute Gasteiger partial charge is 0.163 e. The lowest BCUT2D eigenvalue weighted by Gasteiger charge is -2.11. The van der Waals surface area contributed by atoms with Gasteiger partial charge >= 0.3 is 0 Å². The number of halogens is 1. The Morgan fingerprint density at radius 1 is 1.33 bits per heavy atom. The topological polar surface area (TPSA) is 44.2 Å². The summed E-state index contributed by atoms with van der Waals surface area (Å²) in [5, 5.41) is 9.00. The van der Waals surface area contributed by atoms with Gasteiger partial charge in [0.2, 0.25) is 0 Å². The summed E-state index contributed by atoms with van der Waals surface area (Å²) in [7, 11) is 1.65. The second kappa shape index (κ2) is 4.72. The molecule has 18 heavy (non-hydrogen) atoms. The number of ether oxygens (including phenoxy) is 2. The Kier molecular flexibility index (Phi) is 3.07. The van der Waals surface area contributed by atoms with E-state index in [0.29, 0.717) is 5.92 Å². The first-order chi connectivity index (χ1) is 8.78. The highest BCUT2D eigenvalue weighted by Gasteiger charge is 2.22. The molecule has 5 heteroatoms. The third kappa shape index (κ3) is 2.27. The highest BCUT2D eigenvalue weighted by molar-refractivity contribution is 9.10. The second-order valence-corrected chi connectivity index (χ2v) is 5.32. The van der Waals surface area contributed by atoms with Crippen LogP contribution in [0.2, 0.25) is 0 Å². The molecule has 0 N–H and O–H groups in total. The Morgan fingerprint density at radius 2 is 2.17 bits per heavy atom. The van der Waals surface area contributed by atoms with Gasteiger partial charge in [-0.1, -0.05) is 0 Å². The van der Waals surface area contributed by atoms with Crippen LogP contribution < -0.4 is 9.47 Å². The van der Waals surface area contributed by atoms with Gasteiger partial charge in [-0.2, -0.15) is 10.2 Å². The van der Waals surface area contributed by atoms with Gasteiger partial charge in [0.25, 0.3) is 0 Å². The van der Waals surface area contributed by atoms with Crippen LogP contribution in [0.25, 0.3) is 10.9 Å². The van der Waals surface area contributed by atoms with E-state index in [1.165, 1.54) is 12.8 Å². The zero-order valence-electron chi connectivity index (χ0n) is 10.0. The van der Waals surface area contributed by atoms with Gasteiger partial charge in [0.1, 0.15) is 0 Å². The summed E-state index contributed by atoms with van der Waals surface area (Å²) in [6.07, 6.45) is 4.20. The molecule has 0 aliphatic heterocycles. The lowest BCUT2D eigenvalue weighted by molar-refractivity contribution is 0.281. The lowest BCUT2D eigenvalue weighted by atomic mass is 10.2. The number of hydrogen-bond acceptors (Lipinski definition) is 4. The maximum Gasteiger partial charge on any atom is 0.163 e. The van der Waals surface area contributed by atoms with Crippen molar-refractivity contribution in [3.05, 3.63) is 22.8 Å². The van der Waals surface area contributed by atoms with Crippen molar-refractivity contribution in [1.82, 2.24) is 10.2 Å². The molecule has 1 aromatic carbocycles. The fourth-order valence-electron chi connectivity index (χ4n) is 1.80. The quantitative estimate of drug-likeness (QED) is 0.870. The molecule has 94 valence electrons. The van der Waals surface area contributed by atoms with Crippen molar-refractivity contribution in [3.8, 4) is 11.5 Å². The number of rotatable bonds is 4. The first-order valence-electron chi connectivity index (χ1n) is 5.89. The fraction of sp³-hybridized carbons (Fsp3) is 0.385. The minimum atomic E-state index is 0.707. The lowest BCUT2D eigenvalue weighted by Crippen LogP contribution is -2.01. The van der Waals surface area contributed by atoms with Crippen LogP contribution in [0.15, 0.2) is 22.8 Å². The predicted octanol–water partition coefficient (Wildman–Crippen LogP) is 3.19. The number of benzene rings is 1. The molecule has 1 aliphatic carbocycles. The van der Waals surface area contributed by atoms with Gasteiger partial charge in [-0.25, -0.2) is 0 Å². The normalized spacial score (nSPS) is 14.8. The minimum Gasteiger partial charge on any atom is -0.493 e. The first kappa shape index (κ1) is 11.7. The molecule has 1 aliphatic rings. The molecule has 3 rings (SSSR count). The third-order valence-electron chi connectivity index (χ3n) is 3.05. The van der Waals surface area contributed by atoms with Crippen molar-refractivity contribution in [2.24, 2.45) is 5.92 Å². The van der Waals surface area contributed by atoms with E-state index in [1.54, 1.807) is 13.3 Å². The molecule has 1 aromatic heterocycles. The molecule has 1 heterocycles. The summed E-state index contributed by atoms with van der Waals surface area (Å²) in [6.45, 7) is 0.753. The van der Waals surface area contributed by atoms with Crippen LogP contribution in [0, 0.1) is 5.92 Å². The second-order valence-electron chi connectivity index (χ2n) is 4.47. The van der Waals surface area contributed by atoms with Gasteiger partial charge in [0, 0.05) is 15.9 Å².